The Balaban J connectivity index is 1.48. The zero-order valence-corrected chi connectivity index (χ0v) is 13.1. The van der Waals surface area contributed by atoms with Gasteiger partial charge >= 0.3 is 0 Å². The first-order chi connectivity index (χ1) is 10.2. The summed E-state index contributed by atoms with van der Waals surface area (Å²) >= 11 is 1.66. The Labute approximate surface area is 128 Å². The van der Waals surface area contributed by atoms with Gasteiger partial charge in [0.2, 0.25) is 5.91 Å². The normalized spacial score (nSPS) is 33.1. The zero-order valence-electron chi connectivity index (χ0n) is 12.3. The summed E-state index contributed by atoms with van der Waals surface area (Å²) in [4.78, 5) is 21.5. The number of hydrogen-bond acceptors (Lipinski definition) is 5. The Morgan fingerprint density at radius 3 is 3.05 bits per heavy atom. The van der Waals surface area contributed by atoms with E-state index in [-0.39, 0.29) is 0 Å². The zero-order chi connectivity index (χ0) is 14.4. The van der Waals surface area contributed by atoms with Crippen molar-refractivity contribution < 1.29 is 9.53 Å². The van der Waals surface area contributed by atoms with Crippen molar-refractivity contribution in [2.24, 2.45) is 0 Å². The molecular weight excluding hydrogens is 286 g/mol. The maximum Gasteiger partial charge on any atom is 0.224 e. The lowest BCUT2D eigenvalue weighted by molar-refractivity contribution is -0.129. The first kappa shape index (κ1) is 13.7. The fourth-order valence-electron chi connectivity index (χ4n) is 4.06. The van der Waals surface area contributed by atoms with Gasteiger partial charge in [0.25, 0.3) is 0 Å². The number of thiazole rings is 1. The average molecular weight is 307 g/mol. The van der Waals surface area contributed by atoms with Crippen LogP contribution in [0, 0.1) is 6.92 Å². The summed E-state index contributed by atoms with van der Waals surface area (Å²) in [6.07, 6.45) is 2.88. The minimum absolute atomic E-state index is 0.291. The number of nitrogens with zero attached hydrogens (tertiary/aromatic N) is 3. The van der Waals surface area contributed by atoms with Crippen LogP contribution < -0.4 is 0 Å². The van der Waals surface area contributed by atoms with Gasteiger partial charge in [0.1, 0.15) is 0 Å². The van der Waals surface area contributed by atoms with Crippen LogP contribution in [-0.2, 0) is 16.1 Å². The molecule has 0 aliphatic carbocycles. The van der Waals surface area contributed by atoms with E-state index in [0.717, 1.165) is 43.3 Å². The van der Waals surface area contributed by atoms with E-state index in [0.29, 0.717) is 37.0 Å². The summed E-state index contributed by atoms with van der Waals surface area (Å²) in [6.45, 7) is 5.50. The highest BCUT2D eigenvalue weighted by molar-refractivity contribution is 7.09. The van der Waals surface area contributed by atoms with Crippen molar-refractivity contribution in [1.29, 1.82) is 0 Å². The number of carbonyl (C=O) groups is 1. The van der Waals surface area contributed by atoms with Crippen molar-refractivity contribution in [1.82, 2.24) is 14.8 Å². The molecule has 1 aromatic heterocycles. The van der Waals surface area contributed by atoms with Crippen LogP contribution in [-0.4, -0.2) is 58.6 Å². The fourth-order valence-corrected chi connectivity index (χ4v) is 4.66. The quantitative estimate of drug-likeness (QED) is 0.847. The van der Waals surface area contributed by atoms with Gasteiger partial charge in [0.05, 0.1) is 23.9 Å². The lowest BCUT2D eigenvalue weighted by atomic mass is 10.1. The average Bonchev–Trinajstić information content (AvgIpc) is 3.18. The van der Waals surface area contributed by atoms with Gasteiger partial charge in [0, 0.05) is 43.1 Å². The van der Waals surface area contributed by atoms with Crippen LogP contribution in [0.4, 0.5) is 0 Å². The molecule has 0 bridgehead atoms. The topological polar surface area (TPSA) is 45.7 Å². The summed E-state index contributed by atoms with van der Waals surface area (Å²) in [5.74, 6) is 0.291. The van der Waals surface area contributed by atoms with Crippen LogP contribution in [0.1, 0.15) is 30.0 Å². The maximum absolute atomic E-state index is 12.4. The van der Waals surface area contributed by atoms with Crippen molar-refractivity contribution in [3.8, 4) is 0 Å². The molecule has 4 rings (SSSR count). The van der Waals surface area contributed by atoms with E-state index in [1.54, 1.807) is 11.3 Å². The summed E-state index contributed by atoms with van der Waals surface area (Å²) in [5, 5.41) is 3.15. The number of fused-ring (bicyclic) bond motifs is 1. The Morgan fingerprint density at radius 2 is 2.33 bits per heavy atom. The lowest BCUT2D eigenvalue weighted by Gasteiger charge is -2.28. The van der Waals surface area contributed by atoms with Crippen LogP contribution in [0.3, 0.4) is 0 Å². The van der Waals surface area contributed by atoms with Gasteiger partial charge in [-0.2, -0.15) is 0 Å². The molecule has 0 aromatic carbocycles. The highest BCUT2D eigenvalue weighted by atomic mass is 32.1. The third-order valence-corrected chi connectivity index (χ3v) is 5.85. The maximum atomic E-state index is 12.4. The van der Waals surface area contributed by atoms with E-state index in [1.807, 2.05) is 6.92 Å². The molecule has 0 saturated carbocycles. The largest absolute Gasteiger partial charge is 0.380 e. The molecule has 3 atom stereocenters. The van der Waals surface area contributed by atoms with Crippen molar-refractivity contribution in [2.75, 3.05) is 19.8 Å². The molecular formula is C15H21N3O2S. The first-order valence-corrected chi connectivity index (χ1v) is 8.64. The molecule has 1 aromatic rings. The molecule has 3 saturated heterocycles. The monoisotopic (exact) mass is 307 g/mol. The van der Waals surface area contributed by atoms with Crippen LogP contribution in [0.5, 0.6) is 0 Å². The Kier molecular flexibility index (Phi) is 3.47. The fraction of sp³-hybridized carbons (Fsp3) is 0.733. The molecule has 3 aliphatic heterocycles. The number of aryl methyl sites for hydroxylation is 1. The summed E-state index contributed by atoms with van der Waals surface area (Å²) in [6, 6.07) is 1.29. The number of amides is 1. The van der Waals surface area contributed by atoms with Crippen molar-refractivity contribution in [2.45, 2.75) is 50.9 Å². The molecule has 3 aliphatic rings. The van der Waals surface area contributed by atoms with E-state index in [1.165, 1.54) is 0 Å². The summed E-state index contributed by atoms with van der Waals surface area (Å²) in [7, 11) is 0. The first-order valence-electron chi connectivity index (χ1n) is 7.76. The summed E-state index contributed by atoms with van der Waals surface area (Å²) < 4.78 is 5.52. The number of likely N-dealkylation sites (tertiary alicyclic amines) is 2. The Bertz CT molecular complexity index is 541. The van der Waals surface area contributed by atoms with Crippen molar-refractivity contribution >= 4 is 17.2 Å². The molecule has 0 radical (unpaired) electrons. The van der Waals surface area contributed by atoms with Crippen molar-refractivity contribution in [3.63, 3.8) is 0 Å². The smallest absolute Gasteiger partial charge is 0.224 e. The third kappa shape index (κ3) is 2.39. The minimum atomic E-state index is 0.291. The second-order valence-corrected chi connectivity index (χ2v) is 7.32. The number of hydrogen-bond donors (Lipinski definition) is 0. The van der Waals surface area contributed by atoms with E-state index < -0.39 is 0 Å². The van der Waals surface area contributed by atoms with Gasteiger partial charge in [-0.25, -0.2) is 4.98 Å². The standard InChI is InChI=1S/C15H21N3O2S/c1-10-16-11(9-21-10)7-18-13-2-4-17(12-3-5-20-8-12)14(13)6-15(18)19/h9,12-14H,2-8H2,1H3/t12-,13+,14-/m0/s1. The molecule has 21 heavy (non-hydrogen) atoms. The van der Waals surface area contributed by atoms with E-state index in [2.05, 4.69) is 20.2 Å². The summed E-state index contributed by atoms with van der Waals surface area (Å²) in [5.41, 5.74) is 1.04. The molecule has 0 spiro atoms. The van der Waals surface area contributed by atoms with Gasteiger partial charge in [-0.3, -0.25) is 9.69 Å². The number of ether oxygens (including phenoxy) is 1. The molecule has 0 unspecified atom stereocenters. The highest BCUT2D eigenvalue weighted by Gasteiger charge is 2.48. The Hall–Kier alpha value is -0.980. The van der Waals surface area contributed by atoms with Gasteiger partial charge in [0.15, 0.2) is 0 Å². The SMILES string of the molecule is Cc1nc(CN2C(=O)C[C@H]3[C@H]2CCN3[C@H]2CCOC2)cs1. The Morgan fingerprint density at radius 1 is 1.43 bits per heavy atom. The van der Waals surface area contributed by atoms with E-state index in [9.17, 15) is 4.79 Å². The van der Waals surface area contributed by atoms with Crippen molar-refractivity contribution in [3.05, 3.63) is 16.1 Å². The highest BCUT2D eigenvalue weighted by Crippen LogP contribution is 2.36. The van der Waals surface area contributed by atoms with Gasteiger partial charge in [-0.05, 0) is 19.8 Å². The van der Waals surface area contributed by atoms with Crippen LogP contribution in [0.2, 0.25) is 0 Å². The molecule has 5 nitrogen and oxygen atoms in total. The van der Waals surface area contributed by atoms with E-state index in [4.69, 9.17) is 4.74 Å². The second kappa shape index (κ2) is 5.34. The van der Waals surface area contributed by atoms with Gasteiger partial charge in [-0.15, -0.1) is 11.3 Å². The molecule has 0 N–H and O–H groups in total. The predicted octanol–water partition coefficient (Wildman–Crippen LogP) is 1.42. The third-order valence-electron chi connectivity index (χ3n) is 5.03. The molecule has 4 heterocycles. The molecule has 3 fully saturated rings. The second-order valence-electron chi connectivity index (χ2n) is 6.26. The van der Waals surface area contributed by atoms with Crippen LogP contribution >= 0.6 is 11.3 Å². The molecule has 114 valence electrons. The number of aromatic nitrogens is 1. The number of carbonyl (C=O) groups excluding carboxylic acids is 1. The van der Waals surface area contributed by atoms with Gasteiger partial charge < -0.3 is 9.64 Å². The van der Waals surface area contributed by atoms with Crippen LogP contribution in [0.25, 0.3) is 0 Å². The predicted molar refractivity (Wildman–Crippen MR) is 80.1 cm³/mol. The van der Waals surface area contributed by atoms with Crippen LogP contribution in [0.15, 0.2) is 5.38 Å². The van der Waals surface area contributed by atoms with Gasteiger partial charge in [-0.1, -0.05) is 0 Å². The lowest BCUT2D eigenvalue weighted by Crippen LogP contribution is -2.42. The van der Waals surface area contributed by atoms with E-state index >= 15 is 0 Å². The minimum Gasteiger partial charge on any atom is -0.380 e. The molecule has 6 heteroatoms. The number of rotatable bonds is 3. The molecule has 1 amide bonds.